The minimum atomic E-state index is -0.713. The number of ether oxygens (including phenoxy) is 2. The first-order valence-electron chi connectivity index (χ1n) is 7.55. The number of methoxy groups -OCH3 is 2. The van der Waals surface area contributed by atoms with E-state index in [1.165, 1.54) is 19.2 Å². The largest absolute Gasteiger partial charge is 0.497 e. The van der Waals surface area contributed by atoms with Crippen molar-refractivity contribution in [3.63, 3.8) is 0 Å². The molecule has 0 bridgehead atoms. The van der Waals surface area contributed by atoms with E-state index >= 15 is 0 Å². The molecule has 2 aromatic carbocycles. The minimum absolute atomic E-state index is 0.108. The third-order valence-electron chi connectivity index (χ3n) is 3.48. The summed E-state index contributed by atoms with van der Waals surface area (Å²) in [6.07, 6.45) is 0. The molecule has 2 N–H and O–H groups in total. The predicted octanol–water partition coefficient (Wildman–Crippen LogP) is 1.89. The zero-order chi connectivity index (χ0) is 18.2. The lowest BCUT2D eigenvalue weighted by molar-refractivity contribution is -0.120. The van der Waals surface area contributed by atoms with Crippen LogP contribution in [0.15, 0.2) is 42.5 Å². The molecule has 0 unspecified atom stereocenters. The van der Waals surface area contributed by atoms with Crippen molar-refractivity contribution in [3.8, 4) is 11.5 Å². The molecule has 25 heavy (non-hydrogen) atoms. The molecule has 0 aliphatic heterocycles. The van der Waals surface area contributed by atoms with Crippen molar-refractivity contribution >= 4 is 11.8 Å². The van der Waals surface area contributed by atoms with Crippen LogP contribution in [0, 0.1) is 5.82 Å². The van der Waals surface area contributed by atoms with Gasteiger partial charge in [-0.3, -0.25) is 9.59 Å². The van der Waals surface area contributed by atoms with Gasteiger partial charge in [-0.25, -0.2) is 4.39 Å². The number of carbonyl (C=O) groups is 2. The Morgan fingerprint density at radius 2 is 1.72 bits per heavy atom. The van der Waals surface area contributed by atoms with Gasteiger partial charge < -0.3 is 20.1 Å². The van der Waals surface area contributed by atoms with Crippen LogP contribution in [0.25, 0.3) is 0 Å². The summed E-state index contributed by atoms with van der Waals surface area (Å²) in [4.78, 5) is 23.9. The lowest BCUT2D eigenvalue weighted by Crippen LogP contribution is -2.37. The van der Waals surface area contributed by atoms with E-state index in [0.29, 0.717) is 6.54 Å². The summed E-state index contributed by atoms with van der Waals surface area (Å²) in [5.41, 5.74) is 0.657. The molecule has 132 valence electrons. The van der Waals surface area contributed by atoms with E-state index in [0.717, 1.165) is 17.4 Å². The molecule has 0 aromatic heterocycles. The van der Waals surface area contributed by atoms with Crippen molar-refractivity contribution in [1.29, 1.82) is 0 Å². The quantitative estimate of drug-likeness (QED) is 0.803. The Bertz CT molecular complexity index is 747. The molecular formula is C18H19FN2O4. The molecule has 0 fully saturated rings. The summed E-state index contributed by atoms with van der Waals surface area (Å²) in [6.45, 7) is 0.0359. The van der Waals surface area contributed by atoms with Gasteiger partial charge in [0, 0.05) is 6.54 Å². The molecule has 0 radical (unpaired) electrons. The summed E-state index contributed by atoms with van der Waals surface area (Å²) in [7, 11) is 2.91. The van der Waals surface area contributed by atoms with Gasteiger partial charge in [-0.15, -0.1) is 0 Å². The predicted molar refractivity (Wildman–Crippen MR) is 90.1 cm³/mol. The first kappa shape index (κ1) is 18.3. The molecule has 2 aromatic rings. The van der Waals surface area contributed by atoms with Crippen molar-refractivity contribution in [1.82, 2.24) is 10.6 Å². The van der Waals surface area contributed by atoms with Crippen LogP contribution in [0.3, 0.4) is 0 Å². The fourth-order valence-corrected chi connectivity index (χ4v) is 2.15. The number of halogens is 1. The molecule has 0 spiro atoms. The van der Waals surface area contributed by atoms with Crippen LogP contribution in [-0.2, 0) is 11.3 Å². The van der Waals surface area contributed by atoms with E-state index in [4.69, 9.17) is 9.47 Å². The third kappa shape index (κ3) is 4.94. The van der Waals surface area contributed by atoms with Gasteiger partial charge in [-0.05, 0) is 29.8 Å². The van der Waals surface area contributed by atoms with Gasteiger partial charge in [0.15, 0.2) is 0 Å². The second-order valence-electron chi connectivity index (χ2n) is 5.12. The summed E-state index contributed by atoms with van der Waals surface area (Å²) >= 11 is 0. The van der Waals surface area contributed by atoms with E-state index < -0.39 is 11.7 Å². The maximum Gasteiger partial charge on any atom is 0.258 e. The molecule has 2 amide bonds. The highest BCUT2D eigenvalue weighted by molar-refractivity contribution is 5.99. The monoisotopic (exact) mass is 346 g/mol. The maximum absolute atomic E-state index is 13.8. The van der Waals surface area contributed by atoms with Crippen LogP contribution in [0.2, 0.25) is 0 Å². The molecule has 0 heterocycles. The van der Waals surface area contributed by atoms with Crippen molar-refractivity contribution < 1.29 is 23.5 Å². The fraction of sp³-hybridized carbons (Fsp3) is 0.222. The summed E-state index contributed by atoms with van der Waals surface area (Å²) in [5, 5.41) is 5.04. The number of amides is 2. The van der Waals surface area contributed by atoms with Crippen molar-refractivity contribution in [2.24, 2.45) is 0 Å². The fourth-order valence-electron chi connectivity index (χ4n) is 2.15. The van der Waals surface area contributed by atoms with E-state index in [1.54, 1.807) is 19.2 Å². The van der Waals surface area contributed by atoms with Crippen molar-refractivity contribution in [3.05, 3.63) is 59.4 Å². The number of hydrogen-bond acceptors (Lipinski definition) is 4. The third-order valence-corrected chi connectivity index (χ3v) is 3.48. The number of rotatable bonds is 7. The van der Waals surface area contributed by atoms with E-state index in [1.807, 2.05) is 12.1 Å². The lowest BCUT2D eigenvalue weighted by atomic mass is 10.1. The van der Waals surface area contributed by atoms with Crippen molar-refractivity contribution in [2.75, 3.05) is 20.8 Å². The Kier molecular flexibility index (Phi) is 6.33. The maximum atomic E-state index is 13.8. The Labute approximate surface area is 144 Å². The first-order valence-corrected chi connectivity index (χ1v) is 7.55. The summed E-state index contributed by atoms with van der Waals surface area (Å²) in [5.74, 6) is -0.984. The van der Waals surface area contributed by atoms with Crippen LogP contribution in [0.1, 0.15) is 15.9 Å². The van der Waals surface area contributed by atoms with Crippen LogP contribution in [0.4, 0.5) is 4.39 Å². The SMILES string of the molecule is COc1ccc(CNC(=O)CNC(=O)c2c(F)cccc2OC)cc1. The molecule has 7 heteroatoms. The molecule has 0 aliphatic carbocycles. The van der Waals surface area contributed by atoms with Gasteiger partial charge in [0.1, 0.15) is 22.9 Å². The van der Waals surface area contributed by atoms with Crippen LogP contribution in [0.5, 0.6) is 11.5 Å². The Balaban J connectivity index is 1.86. The summed E-state index contributed by atoms with van der Waals surface area (Å²) in [6, 6.07) is 11.3. The second-order valence-corrected chi connectivity index (χ2v) is 5.12. The Hall–Kier alpha value is -3.09. The smallest absolute Gasteiger partial charge is 0.258 e. The number of benzene rings is 2. The average molecular weight is 346 g/mol. The van der Waals surface area contributed by atoms with E-state index in [9.17, 15) is 14.0 Å². The summed E-state index contributed by atoms with van der Waals surface area (Å²) < 4.78 is 23.8. The highest BCUT2D eigenvalue weighted by atomic mass is 19.1. The van der Waals surface area contributed by atoms with E-state index in [-0.39, 0.29) is 23.8 Å². The minimum Gasteiger partial charge on any atom is -0.497 e. The van der Waals surface area contributed by atoms with Gasteiger partial charge in [-0.2, -0.15) is 0 Å². The molecule has 0 atom stereocenters. The molecule has 2 rings (SSSR count). The second kappa shape index (κ2) is 8.68. The lowest BCUT2D eigenvalue weighted by Gasteiger charge is -2.10. The molecule has 0 aliphatic rings. The highest BCUT2D eigenvalue weighted by Gasteiger charge is 2.17. The number of nitrogens with one attached hydrogen (secondary N) is 2. The Morgan fingerprint density at radius 1 is 1.00 bits per heavy atom. The standard InChI is InChI=1S/C18H19FN2O4/c1-24-13-8-6-12(7-9-13)10-20-16(22)11-21-18(23)17-14(19)4-3-5-15(17)25-2/h3-9H,10-11H2,1-2H3,(H,20,22)(H,21,23). The van der Waals surface area contributed by atoms with Gasteiger partial charge in [0.05, 0.1) is 20.8 Å². The van der Waals surface area contributed by atoms with Crippen LogP contribution >= 0.6 is 0 Å². The zero-order valence-electron chi connectivity index (χ0n) is 14.0. The van der Waals surface area contributed by atoms with Gasteiger partial charge in [0.25, 0.3) is 5.91 Å². The first-order chi connectivity index (χ1) is 12.0. The molecule has 6 nitrogen and oxygen atoms in total. The Morgan fingerprint density at radius 3 is 2.36 bits per heavy atom. The number of hydrogen-bond donors (Lipinski definition) is 2. The topological polar surface area (TPSA) is 76.7 Å². The van der Waals surface area contributed by atoms with Crippen molar-refractivity contribution in [2.45, 2.75) is 6.54 Å². The van der Waals surface area contributed by atoms with Crippen LogP contribution < -0.4 is 20.1 Å². The highest BCUT2D eigenvalue weighted by Crippen LogP contribution is 2.20. The molecule has 0 saturated heterocycles. The van der Waals surface area contributed by atoms with Crippen LogP contribution in [-0.4, -0.2) is 32.6 Å². The van der Waals surface area contributed by atoms with Gasteiger partial charge in [0.2, 0.25) is 5.91 Å². The zero-order valence-corrected chi connectivity index (χ0v) is 14.0. The van der Waals surface area contributed by atoms with Gasteiger partial charge >= 0.3 is 0 Å². The normalized spacial score (nSPS) is 10.0. The van der Waals surface area contributed by atoms with E-state index in [2.05, 4.69) is 10.6 Å². The number of carbonyl (C=O) groups excluding carboxylic acids is 2. The van der Waals surface area contributed by atoms with Gasteiger partial charge in [-0.1, -0.05) is 18.2 Å². The molecular weight excluding hydrogens is 327 g/mol. The molecule has 0 saturated carbocycles. The average Bonchev–Trinajstić information content (AvgIpc) is 2.64.